The van der Waals surface area contributed by atoms with Crippen molar-refractivity contribution in [1.82, 2.24) is 14.6 Å². The first-order valence-electron chi connectivity index (χ1n) is 6.62. The highest BCUT2D eigenvalue weighted by atomic mass is 32.2. The highest BCUT2D eigenvalue weighted by molar-refractivity contribution is 7.88. The largest absolute Gasteiger partial charge is 0.447 e. The van der Waals surface area contributed by atoms with Crippen LogP contribution in [0, 0.1) is 0 Å². The number of hydrogen-bond acceptors (Lipinski definition) is 5. The molecule has 0 aliphatic heterocycles. The maximum Gasteiger partial charge on any atom is 0.275 e. The molecule has 114 valence electrons. The van der Waals surface area contributed by atoms with E-state index < -0.39 is 10.0 Å². The molecule has 0 radical (unpaired) electrons. The summed E-state index contributed by atoms with van der Waals surface area (Å²) in [4.78, 5) is 4.23. The van der Waals surface area contributed by atoms with Crippen LogP contribution in [0.5, 0.6) is 0 Å². The van der Waals surface area contributed by atoms with Gasteiger partial charge in [0, 0.05) is 39.0 Å². The van der Waals surface area contributed by atoms with Crippen molar-refractivity contribution in [3.05, 3.63) is 48.0 Å². The van der Waals surface area contributed by atoms with E-state index in [1.807, 2.05) is 18.2 Å². The summed E-state index contributed by atoms with van der Waals surface area (Å²) in [7, 11) is -0.551. The van der Waals surface area contributed by atoms with Gasteiger partial charge in [0.2, 0.25) is 5.09 Å². The summed E-state index contributed by atoms with van der Waals surface area (Å²) < 4.78 is 30.2. The monoisotopic (exact) mass is 309 g/mol. The lowest BCUT2D eigenvalue weighted by Gasteiger charge is -2.07. The summed E-state index contributed by atoms with van der Waals surface area (Å²) in [5.74, 6) is 0.594. The predicted molar refractivity (Wildman–Crippen MR) is 79.2 cm³/mol. The Bertz CT molecular complexity index is 666. The zero-order valence-electron chi connectivity index (χ0n) is 12.1. The Hall–Kier alpha value is -1.70. The standard InChI is InChI=1S/C14H19N3O3S/c1-17(2)21(18,19)14-7-6-13(20-14)11-15-10-8-12-5-3-4-9-16-12/h3-7,9,15H,8,10-11H2,1-2H3. The predicted octanol–water partition coefficient (Wildman–Crippen LogP) is 1.26. The molecule has 6 nitrogen and oxygen atoms in total. The van der Waals surface area contributed by atoms with Gasteiger partial charge in [-0.1, -0.05) is 6.07 Å². The van der Waals surface area contributed by atoms with Gasteiger partial charge in [0.15, 0.2) is 0 Å². The Morgan fingerprint density at radius 2 is 2.05 bits per heavy atom. The van der Waals surface area contributed by atoms with E-state index in [9.17, 15) is 8.42 Å². The lowest BCUT2D eigenvalue weighted by molar-refractivity contribution is 0.389. The second-order valence-electron chi connectivity index (χ2n) is 4.76. The molecule has 7 heteroatoms. The molecule has 0 spiro atoms. The van der Waals surface area contributed by atoms with Crippen molar-refractivity contribution in [2.24, 2.45) is 0 Å². The van der Waals surface area contributed by atoms with E-state index in [-0.39, 0.29) is 5.09 Å². The van der Waals surface area contributed by atoms with Crippen LogP contribution in [0.15, 0.2) is 46.0 Å². The zero-order valence-corrected chi connectivity index (χ0v) is 12.9. The maximum atomic E-state index is 11.9. The van der Waals surface area contributed by atoms with Gasteiger partial charge in [0.05, 0.1) is 6.54 Å². The van der Waals surface area contributed by atoms with Crippen LogP contribution in [-0.2, 0) is 23.0 Å². The molecule has 1 N–H and O–H groups in total. The van der Waals surface area contributed by atoms with E-state index in [4.69, 9.17) is 4.42 Å². The first-order valence-corrected chi connectivity index (χ1v) is 8.06. The summed E-state index contributed by atoms with van der Waals surface area (Å²) >= 11 is 0. The van der Waals surface area contributed by atoms with Gasteiger partial charge >= 0.3 is 0 Å². The van der Waals surface area contributed by atoms with Crippen LogP contribution in [0.1, 0.15) is 11.5 Å². The van der Waals surface area contributed by atoms with Crippen LogP contribution >= 0.6 is 0 Å². The van der Waals surface area contributed by atoms with Gasteiger partial charge in [-0.15, -0.1) is 0 Å². The molecular weight excluding hydrogens is 290 g/mol. The van der Waals surface area contributed by atoms with Gasteiger partial charge in [-0.05, 0) is 24.3 Å². The highest BCUT2D eigenvalue weighted by Gasteiger charge is 2.21. The smallest absolute Gasteiger partial charge is 0.275 e. The number of pyridine rings is 1. The van der Waals surface area contributed by atoms with Gasteiger partial charge in [-0.2, -0.15) is 0 Å². The molecule has 0 unspecified atom stereocenters. The van der Waals surface area contributed by atoms with Crippen LogP contribution in [-0.4, -0.2) is 38.3 Å². The molecule has 0 fully saturated rings. The van der Waals surface area contributed by atoms with Crippen molar-refractivity contribution in [2.45, 2.75) is 18.1 Å². The van der Waals surface area contributed by atoms with Crippen molar-refractivity contribution < 1.29 is 12.8 Å². The second-order valence-corrected chi connectivity index (χ2v) is 6.84. The molecule has 0 bridgehead atoms. The molecule has 0 saturated carbocycles. The number of nitrogens with zero attached hydrogens (tertiary/aromatic N) is 2. The van der Waals surface area contributed by atoms with Crippen LogP contribution in [0.2, 0.25) is 0 Å². The van der Waals surface area contributed by atoms with E-state index in [1.165, 1.54) is 20.2 Å². The SMILES string of the molecule is CN(C)S(=O)(=O)c1ccc(CNCCc2ccccn2)o1. The summed E-state index contributed by atoms with van der Waals surface area (Å²) in [6, 6.07) is 8.95. The molecule has 0 saturated heterocycles. The minimum absolute atomic E-state index is 0.0333. The topological polar surface area (TPSA) is 75.4 Å². The van der Waals surface area contributed by atoms with Crippen LogP contribution < -0.4 is 5.32 Å². The third-order valence-corrected chi connectivity index (χ3v) is 4.64. The van der Waals surface area contributed by atoms with Crippen molar-refractivity contribution in [1.29, 1.82) is 0 Å². The average Bonchev–Trinajstić information content (AvgIpc) is 2.94. The molecule has 0 aromatic carbocycles. The molecule has 0 atom stereocenters. The Morgan fingerprint density at radius 1 is 1.24 bits per heavy atom. The quantitative estimate of drug-likeness (QED) is 0.779. The minimum Gasteiger partial charge on any atom is -0.447 e. The minimum atomic E-state index is -3.50. The van der Waals surface area contributed by atoms with Crippen molar-refractivity contribution in [2.75, 3.05) is 20.6 Å². The van der Waals surface area contributed by atoms with Crippen molar-refractivity contribution in [3.8, 4) is 0 Å². The normalized spacial score (nSPS) is 12.0. The van der Waals surface area contributed by atoms with Gasteiger partial charge < -0.3 is 9.73 Å². The zero-order chi connectivity index (χ0) is 15.3. The fourth-order valence-electron chi connectivity index (χ4n) is 1.75. The van der Waals surface area contributed by atoms with E-state index in [2.05, 4.69) is 10.3 Å². The molecule has 0 amide bonds. The number of nitrogens with one attached hydrogen (secondary N) is 1. The van der Waals surface area contributed by atoms with E-state index >= 15 is 0 Å². The Labute approximate surface area is 124 Å². The average molecular weight is 309 g/mol. The third-order valence-electron chi connectivity index (χ3n) is 2.96. The third kappa shape index (κ3) is 4.13. The van der Waals surface area contributed by atoms with Crippen molar-refractivity contribution >= 4 is 10.0 Å². The van der Waals surface area contributed by atoms with Gasteiger partial charge in [-0.25, -0.2) is 12.7 Å². The summed E-state index contributed by atoms with van der Waals surface area (Å²) in [5, 5.41) is 3.17. The summed E-state index contributed by atoms with van der Waals surface area (Å²) in [5.41, 5.74) is 1.01. The number of rotatable bonds is 7. The van der Waals surface area contributed by atoms with Gasteiger partial charge in [0.25, 0.3) is 10.0 Å². The molecule has 2 heterocycles. The Morgan fingerprint density at radius 3 is 2.71 bits per heavy atom. The number of sulfonamides is 1. The number of furan rings is 1. The Kier molecular flexibility index (Phi) is 5.11. The first kappa shape index (κ1) is 15.7. The molecule has 21 heavy (non-hydrogen) atoms. The van der Waals surface area contributed by atoms with Crippen LogP contribution in [0.3, 0.4) is 0 Å². The van der Waals surface area contributed by atoms with Crippen molar-refractivity contribution in [3.63, 3.8) is 0 Å². The summed E-state index contributed by atoms with van der Waals surface area (Å²) in [6.45, 7) is 1.23. The Balaban J connectivity index is 1.84. The van der Waals surface area contributed by atoms with Crippen LogP contribution in [0.25, 0.3) is 0 Å². The fraction of sp³-hybridized carbons (Fsp3) is 0.357. The molecule has 2 aromatic heterocycles. The highest BCUT2D eigenvalue weighted by Crippen LogP contribution is 2.16. The van der Waals surface area contributed by atoms with Crippen LogP contribution in [0.4, 0.5) is 0 Å². The molecular formula is C14H19N3O3S. The maximum absolute atomic E-state index is 11.9. The number of aromatic nitrogens is 1. The second kappa shape index (κ2) is 6.84. The summed E-state index contributed by atoms with van der Waals surface area (Å²) in [6.07, 6.45) is 2.57. The lowest BCUT2D eigenvalue weighted by atomic mass is 10.3. The van der Waals surface area contributed by atoms with E-state index in [0.717, 1.165) is 23.0 Å². The van der Waals surface area contributed by atoms with Gasteiger partial charge in [-0.3, -0.25) is 4.98 Å². The first-order chi connectivity index (χ1) is 10.00. The molecule has 0 aliphatic carbocycles. The molecule has 2 aromatic rings. The van der Waals surface area contributed by atoms with E-state index in [1.54, 1.807) is 12.3 Å². The van der Waals surface area contributed by atoms with E-state index in [0.29, 0.717) is 12.3 Å². The molecule has 2 rings (SSSR count). The lowest BCUT2D eigenvalue weighted by Crippen LogP contribution is -2.21. The fourth-order valence-corrected chi connectivity index (χ4v) is 2.56. The molecule has 0 aliphatic rings. The number of hydrogen-bond donors (Lipinski definition) is 1. The van der Waals surface area contributed by atoms with Gasteiger partial charge in [0.1, 0.15) is 5.76 Å².